The summed E-state index contributed by atoms with van der Waals surface area (Å²) >= 11 is 12.2. The van der Waals surface area contributed by atoms with Gasteiger partial charge < -0.3 is 4.74 Å². The quantitative estimate of drug-likeness (QED) is 0.752. The van der Waals surface area contributed by atoms with Crippen molar-refractivity contribution in [3.63, 3.8) is 0 Å². The number of ether oxygens (including phenoxy) is 1. The molecule has 1 nitrogen and oxygen atoms in total. The normalized spacial score (nSPS) is 10.4. The summed E-state index contributed by atoms with van der Waals surface area (Å²) in [5.74, 6) is 0.546. The van der Waals surface area contributed by atoms with Crippen molar-refractivity contribution in [3.05, 3.63) is 63.1 Å². The fraction of sp³-hybridized carbons (Fsp3) is 0.200. The van der Waals surface area contributed by atoms with E-state index in [9.17, 15) is 0 Å². The third kappa shape index (κ3) is 3.18. The molecule has 0 N–H and O–H groups in total. The number of aryl methyl sites for hydroxylation is 2. The first kappa shape index (κ1) is 13.3. The SMILES string of the molecule is Cc1ccc(COc2c(Cl)cc(C)cc2Cl)cc1. The molecule has 2 aromatic rings. The summed E-state index contributed by atoms with van der Waals surface area (Å²) in [5, 5.41) is 1.10. The van der Waals surface area contributed by atoms with E-state index in [-0.39, 0.29) is 0 Å². The third-order valence-corrected chi connectivity index (χ3v) is 3.21. The Bertz CT molecular complexity index is 524. The van der Waals surface area contributed by atoms with E-state index in [0.29, 0.717) is 22.4 Å². The maximum atomic E-state index is 6.12. The van der Waals surface area contributed by atoms with Crippen molar-refractivity contribution in [2.75, 3.05) is 0 Å². The monoisotopic (exact) mass is 280 g/mol. The van der Waals surface area contributed by atoms with E-state index < -0.39 is 0 Å². The van der Waals surface area contributed by atoms with Crippen LogP contribution in [0, 0.1) is 13.8 Å². The first-order valence-electron chi connectivity index (χ1n) is 5.70. The lowest BCUT2D eigenvalue weighted by atomic mass is 10.2. The largest absolute Gasteiger partial charge is 0.486 e. The summed E-state index contributed by atoms with van der Waals surface area (Å²) in [4.78, 5) is 0. The molecule has 0 aromatic heterocycles. The van der Waals surface area contributed by atoms with Crippen molar-refractivity contribution in [1.29, 1.82) is 0 Å². The molecule has 0 aliphatic rings. The van der Waals surface area contributed by atoms with Crippen LogP contribution in [0.15, 0.2) is 36.4 Å². The highest BCUT2D eigenvalue weighted by atomic mass is 35.5. The molecule has 0 fully saturated rings. The highest BCUT2D eigenvalue weighted by Crippen LogP contribution is 2.34. The van der Waals surface area contributed by atoms with E-state index in [1.54, 1.807) is 0 Å². The van der Waals surface area contributed by atoms with Crippen molar-refractivity contribution in [2.24, 2.45) is 0 Å². The number of hydrogen-bond donors (Lipinski definition) is 0. The third-order valence-electron chi connectivity index (χ3n) is 2.65. The molecular weight excluding hydrogens is 267 g/mol. The van der Waals surface area contributed by atoms with Crippen LogP contribution in [0.1, 0.15) is 16.7 Å². The highest BCUT2D eigenvalue weighted by Gasteiger charge is 2.08. The zero-order valence-corrected chi connectivity index (χ0v) is 11.8. The minimum absolute atomic E-state index is 0.461. The molecule has 94 valence electrons. The van der Waals surface area contributed by atoms with Gasteiger partial charge in [-0.1, -0.05) is 53.0 Å². The van der Waals surface area contributed by atoms with Crippen molar-refractivity contribution in [3.8, 4) is 5.75 Å². The van der Waals surface area contributed by atoms with Gasteiger partial charge in [0.1, 0.15) is 6.61 Å². The summed E-state index contributed by atoms with van der Waals surface area (Å²) in [6, 6.07) is 11.9. The van der Waals surface area contributed by atoms with Crippen molar-refractivity contribution in [1.82, 2.24) is 0 Å². The van der Waals surface area contributed by atoms with E-state index in [1.165, 1.54) is 5.56 Å². The lowest BCUT2D eigenvalue weighted by molar-refractivity contribution is 0.306. The number of benzene rings is 2. The Kier molecular flexibility index (Phi) is 4.15. The molecule has 0 spiro atoms. The second-order valence-electron chi connectivity index (χ2n) is 4.33. The van der Waals surface area contributed by atoms with Gasteiger partial charge in [0.15, 0.2) is 5.75 Å². The fourth-order valence-electron chi connectivity index (χ4n) is 1.66. The average molecular weight is 281 g/mol. The second kappa shape index (κ2) is 5.64. The Hall–Kier alpha value is -1.18. The molecule has 18 heavy (non-hydrogen) atoms. The van der Waals surface area contributed by atoms with Crippen molar-refractivity contribution >= 4 is 23.2 Å². The van der Waals surface area contributed by atoms with Crippen LogP contribution in [-0.4, -0.2) is 0 Å². The summed E-state index contributed by atoms with van der Waals surface area (Å²) in [6.07, 6.45) is 0. The number of rotatable bonds is 3. The molecule has 0 atom stereocenters. The highest BCUT2D eigenvalue weighted by molar-refractivity contribution is 6.37. The molecule has 0 unspecified atom stereocenters. The first-order chi connectivity index (χ1) is 8.56. The summed E-state index contributed by atoms with van der Waals surface area (Å²) in [5.41, 5.74) is 3.34. The molecule has 0 saturated heterocycles. The predicted octanol–water partition coefficient (Wildman–Crippen LogP) is 5.19. The number of hydrogen-bond acceptors (Lipinski definition) is 1. The predicted molar refractivity (Wildman–Crippen MR) is 76.7 cm³/mol. The summed E-state index contributed by atoms with van der Waals surface area (Å²) in [6.45, 7) is 4.46. The molecule has 0 aliphatic heterocycles. The summed E-state index contributed by atoms with van der Waals surface area (Å²) < 4.78 is 5.68. The van der Waals surface area contributed by atoms with Crippen LogP contribution in [-0.2, 0) is 6.61 Å². The zero-order chi connectivity index (χ0) is 13.1. The molecule has 2 aromatic carbocycles. The molecule has 0 radical (unpaired) electrons. The Morgan fingerprint density at radius 3 is 2.00 bits per heavy atom. The molecule has 0 saturated carbocycles. The van der Waals surface area contributed by atoms with Crippen LogP contribution in [0.5, 0.6) is 5.75 Å². The van der Waals surface area contributed by atoms with Gasteiger partial charge in [0.2, 0.25) is 0 Å². The molecule has 0 heterocycles. The molecular formula is C15H14Cl2O. The van der Waals surface area contributed by atoms with Gasteiger partial charge in [-0.2, -0.15) is 0 Å². The van der Waals surface area contributed by atoms with Gasteiger partial charge in [-0.25, -0.2) is 0 Å². The van der Waals surface area contributed by atoms with Gasteiger partial charge in [0.05, 0.1) is 10.0 Å². The lowest BCUT2D eigenvalue weighted by Gasteiger charge is -2.11. The Morgan fingerprint density at radius 1 is 0.889 bits per heavy atom. The number of halogens is 2. The first-order valence-corrected chi connectivity index (χ1v) is 6.46. The smallest absolute Gasteiger partial charge is 0.156 e. The average Bonchev–Trinajstić information content (AvgIpc) is 2.30. The van der Waals surface area contributed by atoms with E-state index in [1.807, 2.05) is 31.2 Å². The van der Waals surface area contributed by atoms with Crippen LogP contribution in [0.4, 0.5) is 0 Å². The Balaban J connectivity index is 2.13. The Labute approximate surface area is 117 Å². The molecule has 0 amide bonds. The molecule has 0 aliphatic carbocycles. The van der Waals surface area contributed by atoms with Gasteiger partial charge in [-0.05, 0) is 37.1 Å². The molecule has 2 rings (SSSR count). The maximum Gasteiger partial charge on any atom is 0.156 e. The summed E-state index contributed by atoms with van der Waals surface area (Å²) in [7, 11) is 0. The zero-order valence-electron chi connectivity index (χ0n) is 10.3. The van der Waals surface area contributed by atoms with E-state index >= 15 is 0 Å². The Morgan fingerprint density at radius 2 is 1.44 bits per heavy atom. The maximum absolute atomic E-state index is 6.12. The van der Waals surface area contributed by atoms with E-state index in [4.69, 9.17) is 27.9 Å². The fourth-order valence-corrected chi connectivity index (χ4v) is 2.37. The van der Waals surface area contributed by atoms with Gasteiger partial charge in [0, 0.05) is 0 Å². The van der Waals surface area contributed by atoms with Crippen LogP contribution < -0.4 is 4.74 Å². The van der Waals surface area contributed by atoms with Crippen molar-refractivity contribution < 1.29 is 4.74 Å². The second-order valence-corrected chi connectivity index (χ2v) is 5.15. The standard InChI is InChI=1S/C15H14Cl2O/c1-10-3-5-12(6-4-10)9-18-15-13(16)7-11(2)8-14(15)17/h3-8H,9H2,1-2H3. The van der Waals surface area contributed by atoms with Gasteiger partial charge in [-0.3, -0.25) is 0 Å². The topological polar surface area (TPSA) is 9.23 Å². The van der Waals surface area contributed by atoms with E-state index in [2.05, 4.69) is 19.1 Å². The van der Waals surface area contributed by atoms with Gasteiger partial charge >= 0.3 is 0 Å². The van der Waals surface area contributed by atoms with Crippen LogP contribution in [0.2, 0.25) is 10.0 Å². The molecule has 3 heteroatoms. The minimum Gasteiger partial charge on any atom is -0.486 e. The van der Waals surface area contributed by atoms with Crippen LogP contribution in [0.25, 0.3) is 0 Å². The van der Waals surface area contributed by atoms with Crippen LogP contribution in [0.3, 0.4) is 0 Å². The molecule has 0 bridgehead atoms. The minimum atomic E-state index is 0.461. The van der Waals surface area contributed by atoms with Crippen LogP contribution >= 0.6 is 23.2 Å². The van der Waals surface area contributed by atoms with Gasteiger partial charge in [-0.15, -0.1) is 0 Å². The van der Waals surface area contributed by atoms with Crippen molar-refractivity contribution in [2.45, 2.75) is 20.5 Å². The van der Waals surface area contributed by atoms with E-state index in [0.717, 1.165) is 11.1 Å². The lowest BCUT2D eigenvalue weighted by Crippen LogP contribution is -1.97. The van der Waals surface area contributed by atoms with Gasteiger partial charge in [0.25, 0.3) is 0 Å².